The molecule has 90 heavy (non-hydrogen) atoms. The Morgan fingerprint density at radius 3 is 0.756 bits per heavy atom. The molecule has 0 saturated carbocycles. The molecule has 0 saturated heterocycles. The van der Waals surface area contributed by atoms with Crippen LogP contribution in [0.4, 0.5) is 0 Å². The minimum atomic E-state index is -4.95. The maximum atomic E-state index is 13.0. The minimum Gasteiger partial charge on any atom is -0.462 e. The molecule has 0 bridgehead atoms. The van der Waals surface area contributed by atoms with E-state index in [0.29, 0.717) is 25.7 Å². The lowest BCUT2D eigenvalue weighted by Crippen LogP contribution is -2.30. The Morgan fingerprint density at radius 2 is 0.511 bits per heavy atom. The number of phosphoric acid groups is 2. The Bertz CT molecular complexity index is 1740. The van der Waals surface area contributed by atoms with Gasteiger partial charge in [-0.05, 0) is 31.6 Å². The molecule has 534 valence electrons. The van der Waals surface area contributed by atoms with Gasteiger partial charge in [-0.3, -0.25) is 37.3 Å². The fourth-order valence-corrected chi connectivity index (χ4v) is 12.4. The van der Waals surface area contributed by atoms with Gasteiger partial charge in [0.15, 0.2) is 12.2 Å². The molecule has 0 amide bonds. The molecule has 0 rings (SSSR count). The highest BCUT2D eigenvalue weighted by atomic mass is 31.2. The lowest BCUT2D eigenvalue weighted by atomic mass is 10.0. The van der Waals surface area contributed by atoms with Gasteiger partial charge in [-0.15, -0.1) is 0 Å². The van der Waals surface area contributed by atoms with Crippen molar-refractivity contribution < 1.29 is 80.2 Å². The van der Waals surface area contributed by atoms with E-state index in [1.807, 2.05) is 0 Å². The summed E-state index contributed by atoms with van der Waals surface area (Å²) in [5.41, 5.74) is 0. The number of aliphatic hydroxyl groups excluding tert-OH is 1. The Morgan fingerprint density at radius 1 is 0.300 bits per heavy atom. The average molecular weight is 1330 g/mol. The molecule has 0 radical (unpaired) electrons. The van der Waals surface area contributed by atoms with Crippen LogP contribution in [0, 0.1) is 5.92 Å². The first-order chi connectivity index (χ1) is 43.5. The van der Waals surface area contributed by atoms with Crippen LogP contribution in [-0.4, -0.2) is 96.7 Å². The van der Waals surface area contributed by atoms with Gasteiger partial charge in [-0.2, -0.15) is 0 Å². The number of carbonyl (C=O) groups is 4. The predicted molar refractivity (Wildman–Crippen MR) is 363 cm³/mol. The molecule has 17 nitrogen and oxygen atoms in total. The summed E-state index contributed by atoms with van der Waals surface area (Å²) in [5.74, 6) is -1.31. The SMILES string of the molecule is CCCCCCCCCCCCCCCCC(=O)OC[C@H](COP(=O)(O)OC[C@@H](O)COP(=O)(O)OC[C@@H](COC(=O)CCCCCCCCC)OC(=O)CCCCCCCCCC)OC(=O)CCCCCCCCCCCCCCCCCCCCC(C)C. The molecule has 19 heteroatoms. The van der Waals surface area contributed by atoms with E-state index < -0.39 is 97.5 Å². The average Bonchev–Trinajstić information content (AvgIpc) is 3.72. The molecular formula is C71H138O17P2. The van der Waals surface area contributed by atoms with E-state index in [2.05, 4.69) is 34.6 Å². The molecule has 0 spiro atoms. The van der Waals surface area contributed by atoms with E-state index in [0.717, 1.165) is 115 Å². The summed E-state index contributed by atoms with van der Waals surface area (Å²) in [5, 5.41) is 10.6. The van der Waals surface area contributed by atoms with Crippen LogP contribution < -0.4 is 0 Å². The van der Waals surface area contributed by atoms with Gasteiger partial charge in [0.05, 0.1) is 26.4 Å². The standard InChI is InChI=1S/C71H138O17P2/c1-6-9-12-15-18-20-21-22-30-33-36-41-45-50-55-69(74)82-61-67(88-71(76)57-52-47-42-37-34-31-28-26-24-23-25-27-29-32-35-39-43-48-53-64(4)5)63-86-90(79,80)84-59-65(72)58-83-89(77,78)85-62-66(60-81-68(73)54-49-44-38-17-14-11-8-3)87-70(75)56-51-46-40-19-16-13-10-7-2/h64-67,72H,6-63H2,1-5H3,(H,77,78)(H,79,80)/t65-,66+,67+/m0/s1. The van der Waals surface area contributed by atoms with Crippen LogP contribution in [0.25, 0.3) is 0 Å². The Balaban J connectivity index is 5.12. The molecule has 0 aromatic carbocycles. The van der Waals surface area contributed by atoms with Crippen LogP contribution in [0.5, 0.6) is 0 Å². The van der Waals surface area contributed by atoms with Crippen molar-refractivity contribution in [3.63, 3.8) is 0 Å². The lowest BCUT2D eigenvalue weighted by Gasteiger charge is -2.21. The predicted octanol–water partition coefficient (Wildman–Crippen LogP) is 20.5. The smallest absolute Gasteiger partial charge is 0.462 e. The van der Waals surface area contributed by atoms with E-state index >= 15 is 0 Å². The van der Waals surface area contributed by atoms with Crippen molar-refractivity contribution in [3.05, 3.63) is 0 Å². The summed E-state index contributed by atoms with van der Waals surface area (Å²) in [4.78, 5) is 72.3. The fraction of sp³-hybridized carbons (Fsp3) is 0.944. The van der Waals surface area contributed by atoms with Crippen LogP contribution in [-0.2, 0) is 65.4 Å². The van der Waals surface area contributed by atoms with Gasteiger partial charge in [-0.25, -0.2) is 9.13 Å². The zero-order valence-electron chi connectivity index (χ0n) is 58.3. The number of rotatable bonds is 71. The molecule has 5 atom stereocenters. The molecule has 0 heterocycles. The van der Waals surface area contributed by atoms with Gasteiger partial charge in [0.1, 0.15) is 19.3 Å². The van der Waals surface area contributed by atoms with Gasteiger partial charge in [-0.1, -0.05) is 317 Å². The zero-order valence-corrected chi connectivity index (χ0v) is 60.1. The van der Waals surface area contributed by atoms with Crippen molar-refractivity contribution >= 4 is 39.5 Å². The fourth-order valence-electron chi connectivity index (χ4n) is 10.8. The van der Waals surface area contributed by atoms with E-state index in [9.17, 15) is 43.2 Å². The van der Waals surface area contributed by atoms with E-state index in [4.69, 9.17) is 37.0 Å². The Kier molecular flexibility index (Phi) is 63.0. The summed E-state index contributed by atoms with van der Waals surface area (Å²) in [6.45, 7) is 7.22. The van der Waals surface area contributed by atoms with E-state index in [-0.39, 0.29) is 25.7 Å². The molecule has 0 aliphatic carbocycles. The number of unbranched alkanes of at least 4 members (excludes halogenated alkanes) is 43. The first kappa shape index (κ1) is 88.1. The summed E-state index contributed by atoms with van der Waals surface area (Å²) in [6, 6.07) is 0. The quantitative estimate of drug-likeness (QED) is 0.0222. The number of hydrogen-bond donors (Lipinski definition) is 3. The molecule has 0 aromatic rings. The second kappa shape index (κ2) is 64.4. The highest BCUT2D eigenvalue weighted by Crippen LogP contribution is 2.45. The maximum absolute atomic E-state index is 13.0. The third-order valence-electron chi connectivity index (χ3n) is 16.5. The van der Waals surface area contributed by atoms with Crippen molar-refractivity contribution in [1.82, 2.24) is 0 Å². The summed E-state index contributed by atoms with van der Waals surface area (Å²) in [6.07, 6.45) is 51.6. The van der Waals surface area contributed by atoms with Gasteiger partial charge in [0.2, 0.25) is 0 Å². The van der Waals surface area contributed by atoms with Crippen LogP contribution in [0.3, 0.4) is 0 Å². The monoisotopic (exact) mass is 1320 g/mol. The highest BCUT2D eigenvalue weighted by molar-refractivity contribution is 7.47. The third kappa shape index (κ3) is 64.8. The summed E-state index contributed by atoms with van der Waals surface area (Å²) < 4.78 is 68.1. The third-order valence-corrected chi connectivity index (χ3v) is 18.4. The molecule has 2 unspecified atom stereocenters. The number of aliphatic hydroxyl groups is 1. The van der Waals surface area contributed by atoms with Crippen molar-refractivity contribution in [1.29, 1.82) is 0 Å². The maximum Gasteiger partial charge on any atom is 0.472 e. The molecule has 0 aromatic heterocycles. The van der Waals surface area contributed by atoms with Crippen LogP contribution in [0.2, 0.25) is 0 Å². The number of carbonyl (C=O) groups excluding carboxylic acids is 4. The topological polar surface area (TPSA) is 237 Å². The number of ether oxygens (including phenoxy) is 4. The van der Waals surface area contributed by atoms with Gasteiger partial charge >= 0.3 is 39.5 Å². The highest BCUT2D eigenvalue weighted by Gasteiger charge is 2.30. The Hall–Kier alpha value is -1.94. The minimum absolute atomic E-state index is 0.105. The second-order valence-corrected chi connectivity index (χ2v) is 29.0. The first-order valence-electron chi connectivity index (χ1n) is 37.1. The normalized spacial score (nSPS) is 14.1. The van der Waals surface area contributed by atoms with Gasteiger partial charge < -0.3 is 33.8 Å². The molecule has 0 aliphatic rings. The van der Waals surface area contributed by atoms with E-state index in [1.165, 1.54) is 173 Å². The number of esters is 4. The van der Waals surface area contributed by atoms with Crippen LogP contribution in [0.1, 0.15) is 369 Å². The zero-order chi connectivity index (χ0) is 66.3. The van der Waals surface area contributed by atoms with Gasteiger partial charge in [0.25, 0.3) is 0 Å². The van der Waals surface area contributed by atoms with Crippen molar-refractivity contribution in [2.75, 3.05) is 39.6 Å². The van der Waals surface area contributed by atoms with Gasteiger partial charge in [0, 0.05) is 25.7 Å². The Labute approximate surface area is 549 Å². The number of hydrogen-bond acceptors (Lipinski definition) is 15. The largest absolute Gasteiger partial charge is 0.472 e. The van der Waals surface area contributed by atoms with Crippen molar-refractivity contribution in [2.24, 2.45) is 5.92 Å². The molecule has 3 N–H and O–H groups in total. The second-order valence-electron chi connectivity index (χ2n) is 26.1. The molecular weight excluding hydrogens is 1190 g/mol. The number of phosphoric ester groups is 2. The van der Waals surface area contributed by atoms with Crippen LogP contribution in [0.15, 0.2) is 0 Å². The summed E-state index contributed by atoms with van der Waals surface area (Å²) in [7, 11) is -9.89. The van der Waals surface area contributed by atoms with E-state index in [1.54, 1.807) is 0 Å². The first-order valence-corrected chi connectivity index (χ1v) is 40.1. The summed E-state index contributed by atoms with van der Waals surface area (Å²) >= 11 is 0. The van der Waals surface area contributed by atoms with Crippen LogP contribution >= 0.6 is 15.6 Å². The van der Waals surface area contributed by atoms with Crippen molar-refractivity contribution in [2.45, 2.75) is 387 Å². The molecule has 0 aliphatic heterocycles. The lowest BCUT2D eigenvalue weighted by molar-refractivity contribution is -0.161. The molecule has 0 fully saturated rings. The van der Waals surface area contributed by atoms with Crippen molar-refractivity contribution in [3.8, 4) is 0 Å².